The van der Waals surface area contributed by atoms with Gasteiger partial charge in [0.05, 0.1) is 19.3 Å². The molecule has 4 rings (SSSR count). The summed E-state index contributed by atoms with van der Waals surface area (Å²) in [5.74, 6) is 1.58. The summed E-state index contributed by atoms with van der Waals surface area (Å²) in [6.45, 7) is 4.74. The standard InChI is InChI=1S/C30H47NO6/c1-3-4-5-10-23(32)12-13-24-25-16-21-9-8-11-27(36-20-30(34)35-2)26(21)17-22(25)18-28(24)37-29(33)19-31-14-6-7-15-31/h8-9,11,22-25,28-29,32-33H,3-7,10,12-20H2,1-2H3/t22-,23-,24+,25-,28+,29?/m0/s1. The van der Waals surface area contributed by atoms with E-state index in [1.54, 1.807) is 0 Å². The van der Waals surface area contributed by atoms with E-state index in [9.17, 15) is 15.0 Å². The number of nitrogens with zero attached hydrogens (tertiary/aromatic N) is 1. The van der Waals surface area contributed by atoms with E-state index in [-0.39, 0.29) is 24.8 Å². The van der Waals surface area contributed by atoms with Gasteiger partial charge in [-0.15, -0.1) is 0 Å². The number of esters is 1. The van der Waals surface area contributed by atoms with Crippen molar-refractivity contribution in [1.82, 2.24) is 4.90 Å². The lowest BCUT2D eigenvalue weighted by Gasteiger charge is -2.33. The first-order valence-corrected chi connectivity index (χ1v) is 14.5. The molecule has 0 aromatic heterocycles. The van der Waals surface area contributed by atoms with Crippen LogP contribution < -0.4 is 4.74 Å². The smallest absolute Gasteiger partial charge is 0.343 e. The number of carbonyl (C=O) groups is 1. The first-order valence-electron chi connectivity index (χ1n) is 14.5. The van der Waals surface area contributed by atoms with Gasteiger partial charge in [-0.05, 0) is 99.4 Å². The number of fused-ring (bicyclic) bond motifs is 2. The lowest BCUT2D eigenvalue weighted by atomic mass is 9.73. The van der Waals surface area contributed by atoms with Crippen molar-refractivity contribution in [2.75, 3.05) is 33.4 Å². The Balaban J connectivity index is 1.44. The van der Waals surface area contributed by atoms with Crippen LogP contribution in [0.1, 0.15) is 75.8 Å². The van der Waals surface area contributed by atoms with Gasteiger partial charge in [0, 0.05) is 6.54 Å². The number of likely N-dealkylation sites (tertiary alicyclic amines) is 1. The number of ether oxygens (including phenoxy) is 3. The maximum atomic E-state index is 11.6. The number of β-amino-alcohol motifs (C(OH)–C–C–N with tert-alkyl or cyclic N) is 1. The maximum absolute atomic E-state index is 11.6. The van der Waals surface area contributed by atoms with E-state index < -0.39 is 6.29 Å². The van der Waals surface area contributed by atoms with E-state index in [0.717, 1.165) is 76.6 Å². The van der Waals surface area contributed by atoms with Crippen LogP contribution in [0.5, 0.6) is 5.75 Å². The lowest BCUT2D eigenvalue weighted by Crippen LogP contribution is -2.36. The Bertz CT molecular complexity index is 856. The monoisotopic (exact) mass is 517 g/mol. The van der Waals surface area contributed by atoms with Crippen molar-refractivity contribution in [3.05, 3.63) is 29.3 Å². The molecule has 1 heterocycles. The predicted octanol–water partition coefficient (Wildman–Crippen LogP) is 4.11. The highest BCUT2D eigenvalue weighted by Crippen LogP contribution is 2.49. The lowest BCUT2D eigenvalue weighted by molar-refractivity contribution is -0.156. The van der Waals surface area contributed by atoms with Crippen molar-refractivity contribution in [1.29, 1.82) is 0 Å². The second kappa shape index (κ2) is 13.9. The largest absolute Gasteiger partial charge is 0.482 e. The fraction of sp³-hybridized carbons (Fsp3) is 0.767. The van der Waals surface area contributed by atoms with Gasteiger partial charge in [-0.1, -0.05) is 38.3 Å². The summed E-state index contributed by atoms with van der Waals surface area (Å²) >= 11 is 0. The predicted molar refractivity (Wildman–Crippen MR) is 142 cm³/mol. The third kappa shape index (κ3) is 7.69. The average Bonchev–Trinajstić information content (AvgIpc) is 3.51. The van der Waals surface area contributed by atoms with Crippen molar-refractivity contribution < 1.29 is 29.2 Å². The molecule has 2 fully saturated rings. The summed E-state index contributed by atoms with van der Waals surface area (Å²) in [6.07, 6.45) is 10.0. The molecule has 2 N–H and O–H groups in total. The molecular weight excluding hydrogens is 470 g/mol. The highest BCUT2D eigenvalue weighted by molar-refractivity contribution is 5.71. The van der Waals surface area contributed by atoms with Gasteiger partial charge in [0.1, 0.15) is 5.75 Å². The van der Waals surface area contributed by atoms with E-state index in [1.165, 1.54) is 31.1 Å². The van der Waals surface area contributed by atoms with E-state index in [2.05, 4.69) is 17.9 Å². The molecule has 0 radical (unpaired) electrons. The quantitative estimate of drug-likeness (QED) is 0.218. The van der Waals surface area contributed by atoms with E-state index in [0.29, 0.717) is 24.3 Å². The van der Waals surface area contributed by atoms with E-state index >= 15 is 0 Å². The number of aliphatic hydroxyl groups excluding tert-OH is 2. The van der Waals surface area contributed by atoms with Crippen LogP contribution in [0, 0.1) is 17.8 Å². The number of methoxy groups -OCH3 is 1. The van der Waals surface area contributed by atoms with Crippen LogP contribution in [-0.2, 0) is 27.1 Å². The van der Waals surface area contributed by atoms with Crippen LogP contribution in [0.15, 0.2) is 18.2 Å². The van der Waals surface area contributed by atoms with Crippen molar-refractivity contribution in [3.8, 4) is 5.75 Å². The number of hydrogen-bond donors (Lipinski definition) is 2. The number of hydrogen-bond acceptors (Lipinski definition) is 7. The van der Waals surface area contributed by atoms with Crippen LogP contribution >= 0.6 is 0 Å². The highest BCUT2D eigenvalue weighted by atomic mass is 16.6. The number of unbranched alkanes of at least 4 members (excludes halogenated alkanes) is 2. The summed E-state index contributed by atoms with van der Waals surface area (Å²) in [5, 5.41) is 21.5. The van der Waals surface area contributed by atoms with Crippen molar-refractivity contribution >= 4 is 5.97 Å². The minimum absolute atomic E-state index is 0.0100. The minimum atomic E-state index is -0.776. The summed E-state index contributed by atoms with van der Waals surface area (Å²) in [7, 11) is 1.37. The molecule has 0 amide bonds. The van der Waals surface area contributed by atoms with Gasteiger partial charge >= 0.3 is 5.97 Å². The third-order valence-corrected chi connectivity index (χ3v) is 8.81. The Labute approximate surface area is 222 Å². The molecular formula is C30H47NO6. The Morgan fingerprint density at radius 1 is 1.14 bits per heavy atom. The molecule has 2 aliphatic carbocycles. The summed E-state index contributed by atoms with van der Waals surface area (Å²) in [5.41, 5.74) is 2.46. The Morgan fingerprint density at radius 3 is 2.70 bits per heavy atom. The van der Waals surface area contributed by atoms with Crippen LogP contribution in [0.25, 0.3) is 0 Å². The number of carbonyl (C=O) groups excluding carboxylic acids is 1. The Hall–Kier alpha value is -1.67. The average molecular weight is 518 g/mol. The molecule has 0 spiro atoms. The van der Waals surface area contributed by atoms with Gasteiger partial charge < -0.3 is 24.4 Å². The summed E-state index contributed by atoms with van der Waals surface area (Å²) in [6, 6.07) is 6.11. The normalized spacial score (nSPS) is 26.9. The molecule has 208 valence electrons. The van der Waals surface area contributed by atoms with Gasteiger partial charge in [-0.3, -0.25) is 4.90 Å². The van der Waals surface area contributed by atoms with Gasteiger partial charge in [-0.2, -0.15) is 0 Å². The molecule has 1 aliphatic heterocycles. The second-order valence-corrected chi connectivity index (χ2v) is 11.4. The molecule has 6 atom stereocenters. The highest BCUT2D eigenvalue weighted by Gasteiger charge is 2.46. The van der Waals surface area contributed by atoms with Crippen LogP contribution in [0.2, 0.25) is 0 Å². The fourth-order valence-electron chi connectivity index (χ4n) is 6.85. The molecule has 0 bridgehead atoms. The van der Waals surface area contributed by atoms with Crippen LogP contribution in [-0.4, -0.2) is 72.9 Å². The zero-order valence-electron chi connectivity index (χ0n) is 22.8. The first-order chi connectivity index (χ1) is 18.0. The van der Waals surface area contributed by atoms with Gasteiger partial charge in [0.25, 0.3) is 0 Å². The zero-order valence-corrected chi connectivity index (χ0v) is 22.8. The van der Waals surface area contributed by atoms with Gasteiger partial charge in [-0.25, -0.2) is 4.79 Å². The third-order valence-electron chi connectivity index (χ3n) is 8.81. The maximum Gasteiger partial charge on any atom is 0.343 e. The van der Waals surface area contributed by atoms with Crippen LogP contribution in [0.3, 0.4) is 0 Å². The molecule has 1 saturated carbocycles. The molecule has 7 heteroatoms. The van der Waals surface area contributed by atoms with Gasteiger partial charge in [0.15, 0.2) is 12.9 Å². The van der Waals surface area contributed by atoms with Crippen LogP contribution in [0.4, 0.5) is 0 Å². The number of benzene rings is 1. The Kier molecular flexibility index (Phi) is 10.7. The van der Waals surface area contributed by atoms with Crippen molar-refractivity contribution in [2.24, 2.45) is 17.8 Å². The molecule has 1 aromatic carbocycles. The summed E-state index contributed by atoms with van der Waals surface area (Å²) in [4.78, 5) is 13.9. The molecule has 1 unspecified atom stereocenters. The first kappa shape index (κ1) is 28.3. The number of rotatable bonds is 14. The topological polar surface area (TPSA) is 88.5 Å². The van der Waals surface area contributed by atoms with Crippen molar-refractivity contribution in [3.63, 3.8) is 0 Å². The fourth-order valence-corrected chi connectivity index (χ4v) is 6.85. The molecule has 1 saturated heterocycles. The molecule has 37 heavy (non-hydrogen) atoms. The summed E-state index contributed by atoms with van der Waals surface area (Å²) < 4.78 is 17.0. The van der Waals surface area contributed by atoms with E-state index in [4.69, 9.17) is 14.2 Å². The Morgan fingerprint density at radius 2 is 1.95 bits per heavy atom. The second-order valence-electron chi connectivity index (χ2n) is 11.4. The zero-order chi connectivity index (χ0) is 26.2. The molecule has 3 aliphatic rings. The minimum Gasteiger partial charge on any atom is -0.482 e. The molecule has 1 aromatic rings. The molecule has 7 nitrogen and oxygen atoms in total. The van der Waals surface area contributed by atoms with E-state index in [1.807, 2.05) is 12.1 Å². The number of aliphatic hydroxyl groups is 2. The van der Waals surface area contributed by atoms with Crippen molar-refractivity contribution in [2.45, 2.75) is 96.1 Å². The van der Waals surface area contributed by atoms with Gasteiger partial charge in [0.2, 0.25) is 0 Å². The SMILES string of the molecule is CCCCC[C@H](O)CC[C@@H]1[C@H]2Cc3cccc(OCC(=O)OC)c3C[C@H]2C[C@H]1OC(O)CN1CCCC1.